The number of nitrogens with one attached hydrogen (secondary N) is 1. The van der Waals surface area contributed by atoms with E-state index in [1.54, 1.807) is 18.2 Å². The largest absolute Gasteiger partial charge is 0.451 e. The van der Waals surface area contributed by atoms with Crippen molar-refractivity contribution >= 4 is 5.91 Å². The van der Waals surface area contributed by atoms with Crippen molar-refractivity contribution in [3.8, 4) is 0 Å². The van der Waals surface area contributed by atoms with Crippen molar-refractivity contribution in [2.24, 2.45) is 0 Å². The number of hydrogen-bond acceptors (Lipinski definition) is 3. The summed E-state index contributed by atoms with van der Waals surface area (Å²) in [7, 11) is 0. The fraction of sp³-hybridized carbons (Fsp3) is 0.231. The average molecular weight is 248 g/mol. The molecule has 0 fully saturated rings. The Hall–Kier alpha value is -2.17. The molecule has 0 aliphatic rings. The van der Waals surface area contributed by atoms with Crippen LogP contribution < -0.4 is 5.32 Å². The average Bonchev–Trinajstić information content (AvgIpc) is 2.84. The SMILES string of the molecule is O=C(Cc1cocn1)NCCc1ccccc1F. The Morgan fingerprint density at radius 1 is 1.39 bits per heavy atom. The summed E-state index contributed by atoms with van der Waals surface area (Å²) in [5.41, 5.74) is 1.18. The third kappa shape index (κ3) is 3.41. The maximum atomic E-state index is 13.3. The molecule has 1 aromatic heterocycles. The second-order valence-corrected chi connectivity index (χ2v) is 3.85. The lowest BCUT2D eigenvalue weighted by molar-refractivity contribution is -0.120. The minimum absolute atomic E-state index is 0.153. The first-order valence-corrected chi connectivity index (χ1v) is 5.63. The van der Waals surface area contributed by atoms with E-state index in [2.05, 4.69) is 10.3 Å². The molecule has 0 unspecified atom stereocenters. The molecule has 0 atom stereocenters. The van der Waals surface area contributed by atoms with Gasteiger partial charge in [0, 0.05) is 6.54 Å². The summed E-state index contributed by atoms with van der Waals surface area (Å²) in [6.45, 7) is 0.400. The molecule has 0 aliphatic carbocycles. The number of oxazole rings is 1. The maximum Gasteiger partial charge on any atom is 0.226 e. The number of carbonyl (C=O) groups excluding carboxylic acids is 1. The summed E-state index contributed by atoms with van der Waals surface area (Å²) in [5.74, 6) is -0.400. The van der Waals surface area contributed by atoms with Crippen molar-refractivity contribution in [1.29, 1.82) is 0 Å². The second-order valence-electron chi connectivity index (χ2n) is 3.85. The number of carbonyl (C=O) groups is 1. The molecular weight excluding hydrogens is 235 g/mol. The van der Waals surface area contributed by atoms with Crippen molar-refractivity contribution < 1.29 is 13.6 Å². The van der Waals surface area contributed by atoms with Gasteiger partial charge in [-0.3, -0.25) is 4.79 Å². The molecule has 1 heterocycles. The van der Waals surface area contributed by atoms with E-state index in [-0.39, 0.29) is 18.1 Å². The highest BCUT2D eigenvalue weighted by molar-refractivity contribution is 5.77. The van der Waals surface area contributed by atoms with Crippen LogP contribution >= 0.6 is 0 Å². The lowest BCUT2D eigenvalue weighted by Crippen LogP contribution is -2.27. The van der Waals surface area contributed by atoms with Gasteiger partial charge < -0.3 is 9.73 Å². The van der Waals surface area contributed by atoms with E-state index in [1.807, 2.05) is 0 Å². The van der Waals surface area contributed by atoms with Crippen molar-refractivity contribution in [2.75, 3.05) is 6.54 Å². The summed E-state index contributed by atoms with van der Waals surface area (Å²) < 4.78 is 18.0. The molecule has 0 aliphatic heterocycles. The van der Waals surface area contributed by atoms with Crippen molar-refractivity contribution in [2.45, 2.75) is 12.8 Å². The Balaban J connectivity index is 1.75. The van der Waals surface area contributed by atoms with Crippen LogP contribution in [0.3, 0.4) is 0 Å². The highest BCUT2D eigenvalue weighted by Crippen LogP contribution is 2.06. The summed E-state index contributed by atoms with van der Waals surface area (Å²) in [6, 6.07) is 6.53. The number of benzene rings is 1. The smallest absolute Gasteiger partial charge is 0.226 e. The van der Waals surface area contributed by atoms with Crippen LogP contribution in [0.25, 0.3) is 0 Å². The van der Waals surface area contributed by atoms with Crippen molar-refractivity contribution in [1.82, 2.24) is 10.3 Å². The molecule has 1 amide bonds. The molecular formula is C13H13FN2O2. The number of rotatable bonds is 5. The van der Waals surface area contributed by atoms with E-state index in [4.69, 9.17) is 4.42 Å². The van der Waals surface area contributed by atoms with Gasteiger partial charge in [0.25, 0.3) is 0 Å². The van der Waals surface area contributed by atoms with Gasteiger partial charge in [-0.2, -0.15) is 0 Å². The first-order valence-electron chi connectivity index (χ1n) is 5.63. The number of aromatic nitrogens is 1. The zero-order valence-corrected chi connectivity index (χ0v) is 9.73. The molecule has 1 N–H and O–H groups in total. The topological polar surface area (TPSA) is 55.1 Å². The van der Waals surface area contributed by atoms with Crippen LogP contribution in [0.5, 0.6) is 0 Å². The lowest BCUT2D eigenvalue weighted by atomic mass is 10.1. The van der Waals surface area contributed by atoms with Gasteiger partial charge in [-0.1, -0.05) is 18.2 Å². The zero-order chi connectivity index (χ0) is 12.8. The molecule has 2 rings (SSSR count). The first kappa shape index (κ1) is 12.3. The van der Waals surface area contributed by atoms with Crippen LogP contribution in [-0.4, -0.2) is 17.4 Å². The zero-order valence-electron chi connectivity index (χ0n) is 9.73. The van der Waals surface area contributed by atoms with E-state index in [9.17, 15) is 9.18 Å². The van der Waals surface area contributed by atoms with Gasteiger partial charge in [-0.15, -0.1) is 0 Å². The highest BCUT2D eigenvalue weighted by Gasteiger charge is 2.06. The Labute approximate surface area is 104 Å². The van der Waals surface area contributed by atoms with E-state index in [1.165, 1.54) is 18.7 Å². The summed E-state index contributed by atoms with van der Waals surface area (Å²) in [4.78, 5) is 15.3. The number of nitrogens with zero attached hydrogens (tertiary/aromatic N) is 1. The monoisotopic (exact) mass is 248 g/mol. The normalized spacial score (nSPS) is 10.3. The Kier molecular flexibility index (Phi) is 4.06. The molecule has 2 aromatic rings. The van der Waals surface area contributed by atoms with Gasteiger partial charge in [0.2, 0.25) is 5.91 Å². The lowest BCUT2D eigenvalue weighted by Gasteiger charge is -2.05. The fourth-order valence-corrected chi connectivity index (χ4v) is 1.59. The molecule has 5 heteroatoms. The van der Waals surface area contributed by atoms with E-state index >= 15 is 0 Å². The Bertz CT molecular complexity index is 511. The number of hydrogen-bond donors (Lipinski definition) is 1. The summed E-state index contributed by atoms with van der Waals surface area (Å²) >= 11 is 0. The van der Waals surface area contributed by atoms with Crippen LogP contribution in [0.2, 0.25) is 0 Å². The molecule has 0 radical (unpaired) electrons. The molecule has 0 bridgehead atoms. The molecule has 0 saturated heterocycles. The van der Waals surface area contributed by atoms with Crippen LogP contribution in [0.15, 0.2) is 41.3 Å². The van der Waals surface area contributed by atoms with Gasteiger partial charge in [0.05, 0.1) is 12.1 Å². The maximum absolute atomic E-state index is 13.3. The van der Waals surface area contributed by atoms with Gasteiger partial charge in [0.15, 0.2) is 6.39 Å². The predicted molar refractivity (Wildman–Crippen MR) is 63.3 cm³/mol. The molecule has 4 nitrogen and oxygen atoms in total. The quantitative estimate of drug-likeness (QED) is 0.876. The summed E-state index contributed by atoms with van der Waals surface area (Å²) in [6.07, 6.45) is 3.35. The number of amides is 1. The third-order valence-corrected chi connectivity index (χ3v) is 2.50. The van der Waals surface area contributed by atoms with Gasteiger partial charge in [0.1, 0.15) is 12.1 Å². The van der Waals surface area contributed by atoms with Crippen LogP contribution in [0.4, 0.5) is 4.39 Å². The minimum atomic E-state index is -0.247. The first-order chi connectivity index (χ1) is 8.75. The second kappa shape index (κ2) is 5.95. The molecule has 0 spiro atoms. The van der Waals surface area contributed by atoms with Gasteiger partial charge in [-0.25, -0.2) is 9.37 Å². The number of halogens is 1. The van der Waals surface area contributed by atoms with E-state index in [0.717, 1.165) is 0 Å². The van der Waals surface area contributed by atoms with Crippen molar-refractivity contribution in [3.63, 3.8) is 0 Å². The standard InChI is InChI=1S/C13H13FN2O2/c14-12-4-2-1-3-10(12)5-6-15-13(17)7-11-8-18-9-16-11/h1-4,8-9H,5-7H2,(H,15,17). The van der Waals surface area contributed by atoms with Crippen molar-refractivity contribution in [3.05, 3.63) is 54.0 Å². The Morgan fingerprint density at radius 3 is 2.94 bits per heavy atom. The molecule has 94 valence electrons. The van der Waals surface area contributed by atoms with E-state index in [0.29, 0.717) is 24.2 Å². The van der Waals surface area contributed by atoms with Gasteiger partial charge in [-0.05, 0) is 18.1 Å². The van der Waals surface area contributed by atoms with Crippen LogP contribution in [0.1, 0.15) is 11.3 Å². The molecule has 18 heavy (non-hydrogen) atoms. The Morgan fingerprint density at radius 2 is 2.22 bits per heavy atom. The molecule has 1 aromatic carbocycles. The third-order valence-electron chi connectivity index (χ3n) is 2.50. The van der Waals surface area contributed by atoms with E-state index < -0.39 is 0 Å². The van der Waals surface area contributed by atoms with Gasteiger partial charge >= 0.3 is 0 Å². The fourth-order valence-electron chi connectivity index (χ4n) is 1.59. The predicted octanol–water partition coefficient (Wildman–Crippen LogP) is 1.72. The molecule has 0 saturated carbocycles. The van der Waals surface area contributed by atoms with Crippen LogP contribution in [-0.2, 0) is 17.6 Å². The minimum Gasteiger partial charge on any atom is -0.451 e. The summed E-state index contributed by atoms with van der Waals surface area (Å²) in [5, 5.41) is 2.71. The highest BCUT2D eigenvalue weighted by atomic mass is 19.1. The van der Waals surface area contributed by atoms with Crippen LogP contribution in [0, 0.1) is 5.82 Å².